The summed E-state index contributed by atoms with van der Waals surface area (Å²) in [6.07, 6.45) is 0. The minimum Gasteiger partial charge on any atom is -0.350 e. The largest absolute Gasteiger partial charge is 0.350 e. The van der Waals surface area contributed by atoms with Gasteiger partial charge in [-0.2, -0.15) is 0 Å². The van der Waals surface area contributed by atoms with Crippen molar-refractivity contribution in [3.63, 3.8) is 0 Å². The van der Waals surface area contributed by atoms with E-state index < -0.39 is 6.03 Å². The van der Waals surface area contributed by atoms with Crippen molar-refractivity contribution in [1.82, 2.24) is 5.06 Å². The minimum absolute atomic E-state index is 0.0269. The Labute approximate surface area is 140 Å². The third kappa shape index (κ3) is 3.54. The van der Waals surface area contributed by atoms with E-state index in [-0.39, 0.29) is 6.54 Å². The highest BCUT2D eigenvalue weighted by molar-refractivity contribution is 5.88. The third-order valence-electron chi connectivity index (χ3n) is 3.64. The van der Waals surface area contributed by atoms with E-state index in [2.05, 4.69) is 24.0 Å². The fraction of sp³-hybridized carbons (Fsp3) is 0.0500. The number of urea groups is 1. The number of rotatable bonds is 2. The third-order valence-corrected chi connectivity index (χ3v) is 3.64. The lowest BCUT2D eigenvalue weighted by Crippen LogP contribution is -2.31. The number of fused-ring (bicyclic) bond motifs is 1. The maximum absolute atomic E-state index is 10.9. The second-order valence-electron chi connectivity index (χ2n) is 5.37. The van der Waals surface area contributed by atoms with Gasteiger partial charge in [-0.3, -0.25) is 5.21 Å². The molecule has 0 fully saturated rings. The van der Waals surface area contributed by atoms with E-state index >= 15 is 0 Å². The summed E-state index contributed by atoms with van der Waals surface area (Å²) in [6.45, 7) is 0.0269. The molecular weight excluding hydrogens is 300 g/mol. The molecule has 3 aromatic rings. The number of benzene rings is 3. The van der Waals surface area contributed by atoms with Gasteiger partial charge < -0.3 is 5.73 Å². The standard InChI is InChI=1S/C20H16N2O2/c21-20(23)22(24)14-16-6-3-5-15(13-16)11-12-18-9-4-8-17-7-1-2-10-19(17)18/h1-10,13,24H,14H2,(H2,21,23). The summed E-state index contributed by atoms with van der Waals surface area (Å²) in [5, 5.41) is 12.1. The quantitative estimate of drug-likeness (QED) is 0.431. The molecule has 0 bridgehead atoms. The van der Waals surface area contributed by atoms with Gasteiger partial charge >= 0.3 is 6.03 Å². The Morgan fingerprint density at radius 2 is 1.75 bits per heavy atom. The highest BCUT2D eigenvalue weighted by Gasteiger charge is 2.06. The molecule has 0 aliphatic rings. The lowest BCUT2D eigenvalue weighted by molar-refractivity contribution is -0.0470. The van der Waals surface area contributed by atoms with E-state index in [0.717, 1.165) is 27.5 Å². The maximum atomic E-state index is 10.9. The number of nitrogens with two attached hydrogens (primary N) is 1. The van der Waals surface area contributed by atoms with Crippen LogP contribution in [0.25, 0.3) is 10.8 Å². The van der Waals surface area contributed by atoms with Crippen molar-refractivity contribution >= 4 is 16.8 Å². The zero-order valence-electron chi connectivity index (χ0n) is 12.9. The van der Waals surface area contributed by atoms with Crippen molar-refractivity contribution in [3.8, 4) is 11.8 Å². The summed E-state index contributed by atoms with van der Waals surface area (Å²) in [6, 6.07) is 20.6. The smallest absolute Gasteiger partial charge is 0.338 e. The highest BCUT2D eigenvalue weighted by atomic mass is 16.5. The Kier molecular flexibility index (Phi) is 4.46. The number of hydrogen-bond acceptors (Lipinski definition) is 2. The molecule has 3 rings (SSSR count). The van der Waals surface area contributed by atoms with Crippen LogP contribution in [0.5, 0.6) is 0 Å². The summed E-state index contributed by atoms with van der Waals surface area (Å²) in [5.74, 6) is 6.32. The molecule has 0 aliphatic carbocycles. The minimum atomic E-state index is -0.887. The van der Waals surface area contributed by atoms with E-state index in [1.54, 1.807) is 6.07 Å². The molecule has 0 saturated carbocycles. The van der Waals surface area contributed by atoms with Gasteiger partial charge in [0.05, 0.1) is 6.54 Å². The zero-order valence-corrected chi connectivity index (χ0v) is 12.9. The van der Waals surface area contributed by atoms with Gasteiger partial charge in [0.15, 0.2) is 0 Å². The van der Waals surface area contributed by atoms with E-state index in [1.807, 2.05) is 48.5 Å². The van der Waals surface area contributed by atoms with Crippen molar-refractivity contribution in [2.75, 3.05) is 0 Å². The molecule has 24 heavy (non-hydrogen) atoms. The number of nitrogens with zero attached hydrogens (tertiary/aromatic N) is 1. The second-order valence-corrected chi connectivity index (χ2v) is 5.37. The molecule has 3 N–H and O–H groups in total. The molecular formula is C20H16N2O2. The molecule has 4 heteroatoms. The fourth-order valence-electron chi connectivity index (χ4n) is 2.47. The molecule has 0 unspecified atom stereocenters. The number of amides is 2. The number of hydrogen-bond donors (Lipinski definition) is 2. The van der Waals surface area contributed by atoms with Gasteiger partial charge in [-0.1, -0.05) is 60.4 Å². The first-order chi connectivity index (χ1) is 11.6. The maximum Gasteiger partial charge on any atom is 0.338 e. The lowest BCUT2D eigenvalue weighted by Gasteiger charge is -2.11. The number of carbonyl (C=O) groups is 1. The molecule has 4 nitrogen and oxygen atoms in total. The number of primary amides is 1. The predicted molar refractivity (Wildman–Crippen MR) is 93.3 cm³/mol. The first-order valence-corrected chi connectivity index (χ1v) is 7.48. The van der Waals surface area contributed by atoms with Crippen molar-refractivity contribution in [2.24, 2.45) is 5.73 Å². The SMILES string of the molecule is NC(=O)N(O)Cc1cccc(C#Cc2cccc3ccccc23)c1. The van der Waals surface area contributed by atoms with Crippen molar-refractivity contribution < 1.29 is 10.0 Å². The van der Waals surface area contributed by atoms with E-state index in [9.17, 15) is 10.0 Å². The van der Waals surface area contributed by atoms with Crippen LogP contribution in [0.15, 0.2) is 66.7 Å². The molecule has 0 radical (unpaired) electrons. The first-order valence-electron chi connectivity index (χ1n) is 7.48. The molecule has 0 aromatic heterocycles. The van der Waals surface area contributed by atoms with E-state index in [0.29, 0.717) is 5.06 Å². The Morgan fingerprint density at radius 3 is 2.58 bits per heavy atom. The molecule has 0 spiro atoms. The average Bonchev–Trinajstić information content (AvgIpc) is 2.60. The van der Waals surface area contributed by atoms with Gasteiger partial charge in [0, 0.05) is 11.1 Å². The van der Waals surface area contributed by atoms with E-state index in [1.165, 1.54) is 0 Å². The van der Waals surface area contributed by atoms with Gasteiger partial charge in [0.1, 0.15) is 0 Å². The molecule has 118 valence electrons. The normalized spacial score (nSPS) is 10.0. The van der Waals surface area contributed by atoms with Gasteiger partial charge in [-0.05, 0) is 34.5 Å². The Balaban J connectivity index is 1.89. The monoisotopic (exact) mass is 316 g/mol. The number of carbonyl (C=O) groups excluding carboxylic acids is 1. The van der Waals surface area contributed by atoms with Crippen LogP contribution in [0.3, 0.4) is 0 Å². The van der Waals surface area contributed by atoms with Crippen molar-refractivity contribution in [2.45, 2.75) is 6.54 Å². The second kappa shape index (κ2) is 6.86. The molecule has 0 heterocycles. The van der Waals surface area contributed by atoms with Crippen LogP contribution >= 0.6 is 0 Å². The summed E-state index contributed by atoms with van der Waals surface area (Å²) < 4.78 is 0. The van der Waals surface area contributed by atoms with Crippen LogP contribution in [-0.4, -0.2) is 16.3 Å². The summed E-state index contributed by atoms with van der Waals surface area (Å²) in [7, 11) is 0. The number of hydroxylamine groups is 2. The highest BCUT2D eigenvalue weighted by Crippen LogP contribution is 2.17. The summed E-state index contributed by atoms with van der Waals surface area (Å²) in [5.41, 5.74) is 7.53. The Morgan fingerprint density at radius 1 is 1.00 bits per heavy atom. The zero-order chi connectivity index (χ0) is 16.9. The average molecular weight is 316 g/mol. The van der Waals surface area contributed by atoms with Gasteiger partial charge in [-0.15, -0.1) is 0 Å². The van der Waals surface area contributed by atoms with Gasteiger partial charge in [0.2, 0.25) is 0 Å². The van der Waals surface area contributed by atoms with Crippen LogP contribution < -0.4 is 5.73 Å². The molecule has 2 amide bonds. The van der Waals surface area contributed by atoms with Crippen LogP contribution in [0.1, 0.15) is 16.7 Å². The van der Waals surface area contributed by atoms with Crippen LogP contribution in [-0.2, 0) is 6.54 Å². The Hall–Kier alpha value is -3.29. The summed E-state index contributed by atoms with van der Waals surface area (Å²) in [4.78, 5) is 10.9. The molecule has 0 saturated heterocycles. The lowest BCUT2D eigenvalue weighted by atomic mass is 10.0. The van der Waals surface area contributed by atoms with Gasteiger partial charge in [-0.25, -0.2) is 9.86 Å². The van der Waals surface area contributed by atoms with Gasteiger partial charge in [0.25, 0.3) is 0 Å². The molecule has 3 aromatic carbocycles. The molecule has 0 aliphatic heterocycles. The predicted octanol–water partition coefficient (Wildman–Crippen LogP) is 3.51. The van der Waals surface area contributed by atoms with Crippen LogP contribution in [0.4, 0.5) is 4.79 Å². The molecule has 0 atom stereocenters. The van der Waals surface area contributed by atoms with Crippen LogP contribution in [0.2, 0.25) is 0 Å². The Bertz CT molecular complexity index is 949. The van der Waals surface area contributed by atoms with Crippen molar-refractivity contribution in [3.05, 3.63) is 83.4 Å². The van der Waals surface area contributed by atoms with Crippen LogP contribution in [0, 0.1) is 11.8 Å². The topological polar surface area (TPSA) is 66.6 Å². The summed E-state index contributed by atoms with van der Waals surface area (Å²) >= 11 is 0. The fourth-order valence-corrected chi connectivity index (χ4v) is 2.47. The van der Waals surface area contributed by atoms with Crippen molar-refractivity contribution in [1.29, 1.82) is 0 Å². The van der Waals surface area contributed by atoms with E-state index in [4.69, 9.17) is 5.73 Å². The first kappa shape index (κ1) is 15.6.